The molecule has 0 fully saturated rings. The molecule has 0 radical (unpaired) electrons. The average molecular weight is 452 g/mol. The number of alkyl halides is 4. The molecule has 9 heteroatoms. The Labute approximate surface area is 181 Å². The first-order valence-corrected chi connectivity index (χ1v) is 10.3. The van der Waals surface area contributed by atoms with E-state index in [1.54, 1.807) is 30.5 Å². The Morgan fingerprint density at radius 3 is 2.58 bits per heavy atom. The van der Waals surface area contributed by atoms with Crippen LogP contribution in [0.2, 0.25) is 0 Å². The van der Waals surface area contributed by atoms with Crippen molar-refractivity contribution in [1.82, 2.24) is 4.98 Å². The molecule has 164 valence electrons. The van der Waals surface area contributed by atoms with E-state index >= 15 is 0 Å². The Balaban J connectivity index is 1.75. The summed E-state index contributed by atoms with van der Waals surface area (Å²) < 4.78 is 64.9. The van der Waals surface area contributed by atoms with Gasteiger partial charge in [0.25, 0.3) is 0 Å². The fourth-order valence-corrected chi connectivity index (χ4v) is 3.26. The largest absolute Gasteiger partial charge is 0.489 e. The quantitative estimate of drug-likeness (QED) is 0.232. The van der Waals surface area contributed by atoms with Crippen molar-refractivity contribution in [2.75, 3.05) is 24.3 Å². The first kappa shape index (κ1) is 22.7. The number of rotatable bonds is 9. The monoisotopic (exact) mass is 452 g/mol. The van der Waals surface area contributed by atoms with Crippen LogP contribution >= 0.6 is 11.9 Å². The molecule has 3 rings (SSSR count). The minimum absolute atomic E-state index is 0.000905. The molecule has 0 spiro atoms. The highest BCUT2D eigenvalue weighted by atomic mass is 32.2. The van der Waals surface area contributed by atoms with E-state index in [0.717, 1.165) is 23.3 Å². The Hall–Kier alpha value is -2.94. The summed E-state index contributed by atoms with van der Waals surface area (Å²) in [5.41, 5.74) is 1.89. The number of halogens is 4. The summed E-state index contributed by atoms with van der Waals surface area (Å²) in [6, 6.07) is 14.0. The van der Waals surface area contributed by atoms with Gasteiger partial charge in [0.05, 0.1) is 12.7 Å². The van der Waals surface area contributed by atoms with Crippen molar-refractivity contribution in [2.45, 2.75) is 12.8 Å². The second-order valence-corrected chi connectivity index (χ2v) is 7.34. The third-order valence-corrected chi connectivity index (χ3v) is 4.96. The van der Waals surface area contributed by atoms with Gasteiger partial charge < -0.3 is 14.2 Å². The van der Waals surface area contributed by atoms with Crippen molar-refractivity contribution in [1.29, 1.82) is 0 Å². The highest BCUT2D eigenvalue weighted by molar-refractivity contribution is 8.00. The van der Waals surface area contributed by atoms with E-state index in [0.29, 0.717) is 22.9 Å². The summed E-state index contributed by atoms with van der Waals surface area (Å²) in [4.78, 5) is 4.27. The number of benzene rings is 2. The highest BCUT2D eigenvalue weighted by Gasteiger charge is 2.30. The molecule has 0 atom stereocenters. The highest BCUT2D eigenvalue weighted by Crippen LogP contribution is 2.32. The van der Waals surface area contributed by atoms with Crippen LogP contribution in [-0.4, -0.2) is 24.5 Å². The zero-order valence-electron chi connectivity index (χ0n) is 16.6. The molecular weight excluding hydrogens is 432 g/mol. The van der Waals surface area contributed by atoms with Crippen molar-refractivity contribution in [3.8, 4) is 22.8 Å². The van der Waals surface area contributed by atoms with Gasteiger partial charge in [-0.05, 0) is 53.4 Å². The number of nitrogens with one attached hydrogen (secondary N) is 1. The normalized spacial score (nSPS) is 11.3. The zero-order chi connectivity index (χ0) is 22.3. The Morgan fingerprint density at radius 1 is 1.03 bits per heavy atom. The fraction of sp³-hybridized carbons (Fsp3) is 0.227. The number of nitrogens with zero attached hydrogens (tertiary/aromatic N) is 1. The van der Waals surface area contributed by atoms with Crippen molar-refractivity contribution in [3.05, 3.63) is 71.9 Å². The average Bonchev–Trinajstić information content (AvgIpc) is 2.77. The number of aromatic nitrogens is 1. The Kier molecular flexibility index (Phi) is 7.62. The standard InChI is InChI=1S/C22H20F4N2O2S/c1-29-21-20(28-31-9-8-23)12-17(13-27-21)16-5-3-7-19(11-16)30-14-15-4-2-6-18(10-15)22(24,25)26/h2-7,10-13,28H,8-9,14H2,1H3. The molecule has 0 bridgehead atoms. The summed E-state index contributed by atoms with van der Waals surface area (Å²) in [5.74, 6) is 1.17. The lowest BCUT2D eigenvalue weighted by atomic mass is 10.1. The molecule has 0 aliphatic rings. The van der Waals surface area contributed by atoms with E-state index in [9.17, 15) is 17.6 Å². The van der Waals surface area contributed by atoms with E-state index in [1.165, 1.54) is 25.1 Å². The molecule has 0 aliphatic heterocycles. The lowest BCUT2D eigenvalue weighted by Gasteiger charge is -2.12. The molecule has 3 aromatic rings. The lowest BCUT2D eigenvalue weighted by Crippen LogP contribution is -2.06. The van der Waals surface area contributed by atoms with Gasteiger partial charge >= 0.3 is 6.18 Å². The van der Waals surface area contributed by atoms with Gasteiger partial charge in [-0.15, -0.1) is 0 Å². The van der Waals surface area contributed by atoms with Crippen molar-refractivity contribution < 1.29 is 27.0 Å². The molecule has 1 heterocycles. The van der Waals surface area contributed by atoms with E-state index in [1.807, 2.05) is 12.1 Å². The minimum Gasteiger partial charge on any atom is -0.489 e. The summed E-state index contributed by atoms with van der Waals surface area (Å²) in [5, 5.41) is 0. The van der Waals surface area contributed by atoms with Gasteiger partial charge in [0, 0.05) is 17.5 Å². The van der Waals surface area contributed by atoms with Crippen LogP contribution < -0.4 is 14.2 Å². The predicted octanol–water partition coefficient (Wildman–Crippen LogP) is 6.38. The third-order valence-electron chi connectivity index (χ3n) is 4.23. The number of hydrogen-bond acceptors (Lipinski definition) is 5. The number of anilines is 1. The van der Waals surface area contributed by atoms with E-state index < -0.39 is 18.4 Å². The van der Waals surface area contributed by atoms with Crippen molar-refractivity contribution in [3.63, 3.8) is 0 Å². The summed E-state index contributed by atoms with van der Waals surface area (Å²) in [6.45, 7) is -0.459. The molecule has 0 saturated heterocycles. The molecule has 31 heavy (non-hydrogen) atoms. The summed E-state index contributed by atoms with van der Waals surface area (Å²) >= 11 is 1.20. The lowest BCUT2D eigenvalue weighted by molar-refractivity contribution is -0.137. The van der Waals surface area contributed by atoms with Gasteiger partial charge in [0.1, 0.15) is 24.7 Å². The second kappa shape index (κ2) is 10.4. The van der Waals surface area contributed by atoms with Gasteiger partial charge in [0.2, 0.25) is 5.88 Å². The van der Waals surface area contributed by atoms with Gasteiger partial charge in [-0.3, -0.25) is 4.39 Å². The van der Waals surface area contributed by atoms with E-state index in [4.69, 9.17) is 9.47 Å². The summed E-state index contributed by atoms with van der Waals surface area (Å²) in [6.07, 6.45) is -2.76. The van der Waals surface area contributed by atoms with E-state index in [2.05, 4.69) is 9.71 Å². The van der Waals surface area contributed by atoms with Gasteiger partial charge in [-0.1, -0.05) is 24.3 Å². The fourth-order valence-electron chi connectivity index (χ4n) is 2.78. The number of methoxy groups -OCH3 is 1. The number of hydrogen-bond donors (Lipinski definition) is 1. The minimum atomic E-state index is -4.40. The Bertz CT molecular complexity index is 1010. The van der Waals surface area contributed by atoms with Crippen molar-refractivity contribution >= 4 is 17.6 Å². The topological polar surface area (TPSA) is 43.4 Å². The molecule has 1 aromatic heterocycles. The molecule has 1 N–H and O–H groups in total. The van der Waals surface area contributed by atoms with E-state index in [-0.39, 0.29) is 12.4 Å². The van der Waals surface area contributed by atoms with Crippen LogP contribution in [0.1, 0.15) is 11.1 Å². The SMILES string of the molecule is COc1ncc(-c2cccc(OCc3cccc(C(F)(F)F)c3)c2)cc1NSCCF. The van der Waals surface area contributed by atoms with Gasteiger partial charge in [-0.2, -0.15) is 13.2 Å². The number of pyridine rings is 1. The second-order valence-electron chi connectivity index (χ2n) is 6.43. The van der Waals surface area contributed by atoms with Crippen LogP contribution in [0, 0.1) is 0 Å². The molecule has 0 saturated carbocycles. The van der Waals surface area contributed by atoms with Gasteiger partial charge in [0.15, 0.2) is 0 Å². The molecule has 2 aromatic carbocycles. The molecule has 0 unspecified atom stereocenters. The van der Waals surface area contributed by atoms with Crippen LogP contribution in [0.3, 0.4) is 0 Å². The van der Waals surface area contributed by atoms with Crippen LogP contribution in [0.4, 0.5) is 23.2 Å². The molecule has 4 nitrogen and oxygen atoms in total. The van der Waals surface area contributed by atoms with Crippen LogP contribution in [0.5, 0.6) is 11.6 Å². The maximum Gasteiger partial charge on any atom is 0.416 e. The number of ether oxygens (including phenoxy) is 2. The maximum absolute atomic E-state index is 12.9. The molecule has 0 aliphatic carbocycles. The van der Waals surface area contributed by atoms with Crippen LogP contribution in [-0.2, 0) is 12.8 Å². The first-order valence-electron chi connectivity index (χ1n) is 9.28. The van der Waals surface area contributed by atoms with Gasteiger partial charge in [-0.25, -0.2) is 4.98 Å². The van der Waals surface area contributed by atoms with Crippen LogP contribution in [0.15, 0.2) is 60.8 Å². The zero-order valence-corrected chi connectivity index (χ0v) is 17.4. The maximum atomic E-state index is 12.9. The summed E-state index contributed by atoms with van der Waals surface area (Å²) in [7, 11) is 1.50. The molecular formula is C22H20F4N2O2S. The van der Waals surface area contributed by atoms with Crippen molar-refractivity contribution in [2.24, 2.45) is 0 Å². The molecule has 0 amide bonds. The smallest absolute Gasteiger partial charge is 0.416 e. The first-order chi connectivity index (χ1) is 14.9. The third kappa shape index (κ3) is 6.27. The van der Waals surface area contributed by atoms with Crippen LogP contribution in [0.25, 0.3) is 11.1 Å². The Morgan fingerprint density at radius 2 is 1.84 bits per heavy atom. The predicted molar refractivity (Wildman–Crippen MR) is 114 cm³/mol.